The van der Waals surface area contributed by atoms with Crippen molar-refractivity contribution >= 4 is 23.8 Å². The van der Waals surface area contributed by atoms with Crippen molar-refractivity contribution in [2.45, 2.75) is 0 Å². The van der Waals surface area contributed by atoms with Gasteiger partial charge >= 0.3 is 0 Å². The van der Waals surface area contributed by atoms with Gasteiger partial charge in [0, 0.05) is 6.54 Å². The monoisotopic (exact) mass is 333 g/mol. The van der Waals surface area contributed by atoms with Crippen molar-refractivity contribution in [2.75, 3.05) is 17.6 Å². The van der Waals surface area contributed by atoms with Crippen molar-refractivity contribution in [1.82, 2.24) is 24.6 Å². The van der Waals surface area contributed by atoms with Gasteiger partial charge in [0.05, 0.1) is 6.26 Å². The van der Waals surface area contributed by atoms with E-state index in [1.54, 1.807) is 18.4 Å². The molecule has 0 fully saturated rings. The molecule has 3 heterocycles. The lowest BCUT2D eigenvalue weighted by Crippen LogP contribution is -2.09. The molecule has 1 aromatic carbocycles. The van der Waals surface area contributed by atoms with Gasteiger partial charge in [-0.2, -0.15) is 19.5 Å². The first-order valence-electron chi connectivity index (χ1n) is 7.69. The SMILES string of the molecule is Nc1nc(NC/C=C/c2ccccc2)nc2nc(-c3ccco3)nn12. The van der Waals surface area contributed by atoms with E-state index in [1.165, 1.54) is 4.52 Å². The van der Waals surface area contributed by atoms with E-state index in [4.69, 9.17) is 10.2 Å². The Hall–Kier alpha value is -3.68. The quantitative estimate of drug-likeness (QED) is 0.577. The largest absolute Gasteiger partial charge is 0.461 e. The van der Waals surface area contributed by atoms with Crippen LogP contribution in [0.5, 0.6) is 0 Å². The van der Waals surface area contributed by atoms with Crippen LogP contribution in [-0.2, 0) is 0 Å². The van der Waals surface area contributed by atoms with Crippen molar-refractivity contribution < 1.29 is 4.42 Å². The highest BCUT2D eigenvalue weighted by atomic mass is 16.3. The maximum atomic E-state index is 5.94. The molecule has 0 aliphatic rings. The molecule has 3 N–H and O–H groups in total. The summed E-state index contributed by atoms with van der Waals surface area (Å²) in [7, 11) is 0. The zero-order valence-corrected chi connectivity index (χ0v) is 13.2. The predicted octanol–water partition coefficient (Wildman–Crippen LogP) is 2.49. The van der Waals surface area contributed by atoms with Crippen molar-refractivity contribution in [1.29, 1.82) is 0 Å². The Bertz CT molecular complexity index is 1010. The molecule has 4 aromatic rings. The number of fused-ring (bicyclic) bond motifs is 1. The van der Waals surface area contributed by atoms with Gasteiger partial charge in [-0.25, -0.2) is 0 Å². The fraction of sp³-hybridized carbons (Fsp3) is 0.0588. The highest BCUT2D eigenvalue weighted by molar-refractivity contribution is 5.53. The van der Waals surface area contributed by atoms with Crippen LogP contribution < -0.4 is 11.1 Å². The maximum Gasteiger partial charge on any atom is 0.259 e. The first-order chi connectivity index (χ1) is 12.3. The molecule has 0 unspecified atom stereocenters. The van der Waals surface area contributed by atoms with E-state index in [0.717, 1.165) is 5.56 Å². The molecule has 8 nitrogen and oxygen atoms in total. The van der Waals surface area contributed by atoms with Gasteiger partial charge in [-0.05, 0) is 17.7 Å². The lowest BCUT2D eigenvalue weighted by atomic mass is 10.2. The van der Waals surface area contributed by atoms with E-state index in [9.17, 15) is 0 Å². The Labute approximate surface area is 143 Å². The Kier molecular flexibility index (Phi) is 3.83. The first kappa shape index (κ1) is 14.9. The van der Waals surface area contributed by atoms with E-state index in [1.807, 2.05) is 42.5 Å². The summed E-state index contributed by atoms with van der Waals surface area (Å²) in [4.78, 5) is 12.8. The molecular weight excluding hydrogens is 318 g/mol. The Balaban J connectivity index is 1.51. The molecule has 0 radical (unpaired) electrons. The highest BCUT2D eigenvalue weighted by Crippen LogP contribution is 2.17. The number of rotatable bonds is 5. The highest BCUT2D eigenvalue weighted by Gasteiger charge is 2.13. The number of hydrogen-bond donors (Lipinski definition) is 2. The summed E-state index contributed by atoms with van der Waals surface area (Å²) in [5.74, 6) is 1.90. The van der Waals surface area contributed by atoms with Crippen molar-refractivity contribution in [3.8, 4) is 11.6 Å². The van der Waals surface area contributed by atoms with Gasteiger partial charge in [0.2, 0.25) is 17.7 Å². The number of nitrogen functional groups attached to an aromatic ring is 1. The minimum atomic E-state index is 0.199. The van der Waals surface area contributed by atoms with Crippen LogP contribution >= 0.6 is 0 Å². The summed E-state index contributed by atoms with van der Waals surface area (Å²) >= 11 is 0. The zero-order chi connectivity index (χ0) is 17.1. The van der Waals surface area contributed by atoms with Gasteiger partial charge in [-0.15, -0.1) is 5.10 Å². The minimum absolute atomic E-state index is 0.199. The second kappa shape index (κ2) is 6.44. The second-order valence-electron chi connectivity index (χ2n) is 5.22. The van der Waals surface area contributed by atoms with Crippen LogP contribution in [0.4, 0.5) is 11.9 Å². The third-order valence-electron chi connectivity index (χ3n) is 3.46. The summed E-state index contributed by atoms with van der Waals surface area (Å²) in [5.41, 5.74) is 7.07. The number of furan rings is 1. The molecule has 0 aliphatic heterocycles. The molecule has 4 rings (SSSR count). The average Bonchev–Trinajstić information content (AvgIpc) is 3.29. The number of nitrogens with two attached hydrogens (primary N) is 1. The minimum Gasteiger partial charge on any atom is -0.461 e. The molecule has 25 heavy (non-hydrogen) atoms. The van der Waals surface area contributed by atoms with Crippen LogP contribution in [0, 0.1) is 0 Å². The zero-order valence-electron chi connectivity index (χ0n) is 13.2. The number of nitrogens with zero attached hydrogens (tertiary/aromatic N) is 5. The second-order valence-corrected chi connectivity index (χ2v) is 5.22. The molecule has 0 saturated heterocycles. The number of anilines is 2. The average molecular weight is 333 g/mol. The molecule has 0 saturated carbocycles. The van der Waals surface area contributed by atoms with Crippen LogP contribution in [-0.4, -0.2) is 31.1 Å². The van der Waals surface area contributed by atoms with Gasteiger partial charge < -0.3 is 15.5 Å². The summed E-state index contributed by atoms with van der Waals surface area (Å²) in [5, 5.41) is 7.35. The van der Waals surface area contributed by atoms with Gasteiger partial charge in [-0.1, -0.05) is 42.5 Å². The Morgan fingerprint density at radius 1 is 1.08 bits per heavy atom. The Morgan fingerprint density at radius 2 is 1.96 bits per heavy atom. The normalized spacial score (nSPS) is 11.4. The van der Waals surface area contributed by atoms with Gasteiger partial charge in [0.1, 0.15) is 0 Å². The number of benzene rings is 1. The maximum absolute atomic E-state index is 5.94. The van der Waals surface area contributed by atoms with Crippen molar-refractivity contribution in [3.63, 3.8) is 0 Å². The topological polar surface area (TPSA) is 107 Å². The van der Waals surface area contributed by atoms with Gasteiger partial charge in [0.25, 0.3) is 5.78 Å². The fourth-order valence-electron chi connectivity index (χ4n) is 2.30. The lowest BCUT2D eigenvalue weighted by molar-refractivity contribution is 0.577. The van der Waals surface area contributed by atoms with E-state index in [0.29, 0.717) is 29.9 Å². The van der Waals surface area contributed by atoms with Crippen LogP contribution in [0.15, 0.2) is 59.2 Å². The fourth-order valence-corrected chi connectivity index (χ4v) is 2.30. The summed E-state index contributed by atoms with van der Waals surface area (Å²) in [6, 6.07) is 13.6. The van der Waals surface area contributed by atoms with E-state index < -0.39 is 0 Å². The van der Waals surface area contributed by atoms with Crippen molar-refractivity contribution in [3.05, 3.63) is 60.4 Å². The Morgan fingerprint density at radius 3 is 2.76 bits per heavy atom. The smallest absolute Gasteiger partial charge is 0.259 e. The number of aromatic nitrogens is 5. The number of nitrogens with one attached hydrogen (secondary N) is 1. The van der Waals surface area contributed by atoms with Crippen LogP contribution in [0.3, 0.4) is 0 Å². The standard InChI is InChI=1S/C17H15N7O/c18-15-21-16(19-10-4-8-12-6-2-1-3-7-12)22-17-20-14(23-24(15)17)13-9-5-11-25-13/h1-9,11H,10H2,(H3,18,19,20,21,22,23)/b8-4+. The molecule has 124 valence electrons. The summed E-state index contributed by atoms with van der Waals surface area (Å²) in [6.45, 7) is 0.559. The van der Waals surface area contributed by atoms with E-state index in [2.05, 4.69) is 25.4 Å². The molecule has 8 heteroatoms. The molecular formula is C17H15N7O. The van der Waals surface area contributed by atoms with E-state index in [-0.39, 0.29) is 5.95 Å². The van der Waals surface area contributed by atoms with Crippen LogP contribution in [0.25, 0.3) is 23.4 Å². The van der Waals surface area contributed by atoms with Gasteiger partial charge in [-0.3, -0.25) is 0 Å². The summed E-state index contributed by atoms with van der Waals surface area (Å²) in [6.07, 6.45) is 5.56. The molecule has 0 aliphatic carbocycles. The third kappa shape index (κ3) is 3.18. The van der Waals surface area contributed by atoms with Crippen LogP contribution in [0.2, 0.25) is 0 Å². The third-order valence-corrected chi connectivity index (χ3v) is 3.46. The predicted molar refractivity (Wildman–Crippen MR) is 94.7 cm³/mol. The first-order valence-corrected chi connectivity index (χ1v) is 7.69. The lowest BCUT2D eigenvalue weighted by Gasteiger charge is -2.03. The van der Waals surface area contributed by atoms with Crippen molar-refractivity contribution in [2.24, 2.45) is 0 Å². The van der Waals surface area contributed by atoms with Crippen LogP contribution in [0.1, 0.15) is 5.56 Å². The molecule has 0 bridgehead atoms. The molecule has 0 atom stereocenters. The number of hydrogen-bond acceptors (Lipinski definition) is 7. The van der Waals surface area contributed by atoms with E-state index >= 15 is 0 Å². The van der Waals surface area contributed by atoms with Gasteiger partial charge in [0.15, 0.2) is 5.76 Å². The molecule has 0 amide bonds. The molecule has 0 spiro atoms. The molecule has 3 aromatic heterocycles. The summed E-state index contributed by atoms with van der Waals surface area (Å²) < 4.78 is 6.67.